The Morgan fingerprint density at radius 2 is 0.742 bits per heavy atom. The molecule has 4 aromatic heterocycles. The van der Waals surface area contributed by atoms with Crippen LogP contribution in [0.25, 0.3) is 50.8 Å². The van der Waals surface area contributed by atoms with Crippen LogP contribution in [0.2, 0.25) is 0 Å². The molecule has 9 rings (SSSR count). The molecule has 2 aliphatic heterocycles. The van der Waals surface area contributed by atoms with Crippen LogP contribution in [0.1, 0.15) is 374 Å². The molecule has 2 aliphatic rings. The maximum absolute atomic E-state index is 16.2. The zero-order valence-electron chi connectivity index (χ0n) is 62.9. The van der Waals surface area contributed by atoms with Crippen molar-refractivity contribution in [1.82, 2.24) is 0 Å². The number of hydrogen-bond acceptors (Lipinski definition) is 6. The van der Waals surface area contributed by atoms with Crippen molar-refractivity contribution in [3.05, 3.63) is 79.9 Å². The lowest BCUT2D eigenvalue weighted by atomic mass is 9.90. The summed E-state index contributed by atoms with van der Waals surface area (Å²) in [7, 11) is 0. The van der Waals surface area contributed by atoms with E-state index in [0.717, 1.165) is 46.9 Å². The normalized spacial score (nSPS) is 15.5. The third-order valence-electron chi connectivity index (χ3n) is 22.6. The van der Waals surface area contributed by atoms with Gasteiger partial charge < -0.3 is 9.80 Å². The van der Waals surface area contributed by atoms with E-state index >= 15 is 9.59 Å². The molecular weight excluding hydrogens is 1260 g/mol. The average Bonchev–Trinajstić information content (AvgIpc) is 1.54. The smallest absolute Gasteiger partial charge is 0.236 e. The number of unbranched alkanes of at least 4 members (excludes halogenated alkanes) is 37. The fraction of sp³-hybridized carbons (Fsp3) is 0.685. The molecule has 0 N–H and O–H groups in total. The van der Waals surface area contributed by atoms with Gasteiger partial charge in [0.2, 0.25) is 11.8 Å². The van der Waals surface area contributed by atoms with Crippen molar-refractivity contribution >= 4 is 109 Å². The van der Waals surface area contributed by atoms with Crippen LogP contribution in [-0.4, -0.2) is 24.9 Å². The summed E-state index contributed by atoms with van der Waals surface area (Å²) in [6, 6.07) is 19.3. The Kier molecular flexibility index (Phi) is 33.7. The Morgan fingerprint density at radius 1 is 0.371 bits per heavy atom. The number of amides is 2. The third kappa shape index (κ3) is 21.8. The van der Waals surface area contributed by atoms with Crippen molar-refractivity contribution in [1.29, 1.82) is 0 Å². The van der Waals surface area contributed by atoms with Crippen molar-refractivity contribution in [2.45, 2.75) is 369 Å². The summed E-state index contributed by atoms with van der Waals surface area (Å²) in [6.07, 6.45) is 61.6. The van der Waals surface area contributed by atoms with Crippen LogP contribution in [0.15, 0.2) is 48.5 Å². The van der Waals surface area contributed by atoms with E-state index < -0.39 is 11.8 Å². The van der Waals surface area contributed by atoms with Gasteiger partial charge >= 0.3 is 0 Å². The number of hydrogen-bond donors (Lipinski definition) is 0. The summed E-state index contributed by atoms with van der Waals surface area (Å²) in [5.41, 5.74) is 7.96. The minimum absolute atomic E-state index is 0.155. The van der Waals surface area contributed by atoms with Gasteiger partial charge in [-0.1, -0.05) is 323 Å². The monoisotopic (exact) mass is 1390 g/mol. The molecule has 0 saturated carbocycles. The van der Waals surface area contributed by atoms with Gasteiger partial charge in [0.05, 0.1) is 23.2 Å². The van der Waals surface area contributed by atoms with E-state index in [0.29, 0.717) is 18.4 Å². The summed E-state index contributed by atoms with van der Waals surface area (Å²) in [5.74, 6) is 0.0513. The van der Waals surface area contributed by atoms with E-state index in [1.807, 2.05) is 22.7 Å². The van der Waals surface area contributed by atoms with Gasteiger partial charge in [0, 0.05) is 62.2 Å². The maximum atomic E-state index is 16.2. The Balaban J connectivity index is 1.05. The van der Waals surface area contributed by atoms with E-state index in [-0.39, 0.29) is 11.8 Å². The van der Waals surface area contributed by atoms with E-state index in [2.05, 4.69) is 136 Å². The van der Waals surface area contributed by atoms with Gasteiger partial charge in [-0.3, -0.25) is 9.59 Å². The molecule has 97 heavy (non-hydrogen) atoms. The highest BCUT2D eigenvalue weighted by atomic mass is 32.1. The molecular formula is C89H134N2O2S4. The van der Waals surface area contributed by atoms with Crippen molar-refractivity contribution < 1.29 is 9.59 Å². The molecule has 8 heteroatoms. The topological polar surface area (TPSA) is 40.6 Å². The summed E-state index contributed by atoms with van der Waals surface area (Å²) in [6.45, 7) is 20.0. The number of rotatable bonds is 53. The van der Waals surface area contributed by atoms with Gasteiger partial charge in [0.15, 0.2) is 0 Å². The molecule has 0 aliphatic carbocycles. The second-order valence-corrected chi connectivity index (χ2v) is 35.5. The zero-order valence-corrected chi connectivity index (χ0v) is 66.2. The summed E-state index contributed by atoms with van der Waals surface area (Å²) >= 11 is 7.77. The lowest BCUT2D eigenvalue weighted by Crippen LogP contribution is -2.38. The Hall–Kier alpha value is -3.56. The fourth-order valence-corrected chi connectivity index (χ4v) is 22.0. The van der Waals surface area contributed by atoms with Crippen molar-refractivity contribution in [2.24, 2.45) is 11.8 Å². The number of carbonyl (C=O) groups is 2. The lowest BCUT2D eigenvalue weighted by molar-refractivity contribution is -0.125. The average molecular weight is 1390 g/mol. The lowest BCUT2D eigenvalue weighted by Gasteiger charge is -2.27. The Bertz CT molecular complexity index is 3370. The second kappa shape index (κ2) is 42.1. The van der Waals surface area contributed by atoms with Gasteiger partial charge in [0.1, 0.15) is 0 Å². The Morgan fingerprint density at radius 3 is 1.20 bits per heavy atom. The molecule has 4 atom stereocenters. The molecule has 4 nitrogen and oxygen atoms in total. The van der Waals surface area contributed by atoms with Crippen LogP contribution in [-0.2, 0) is 22.4 Å². The quantitative estimate of drug-likeness (QED) is 0.0357. The van der Waals surface area contributed by atoms with Crippen molar-refractivity contribution in [2.75, 3.05) is 22.9 Å². The van der Waals surface area contributed by atoms with Gasteiger partial charge in [-0.05, 0) is 128 Å². The van der Waals surface area contributed by atoms with Gasteiger partial charge in [-0.15, -0.1) is 45.3 Å². The predicted octanol–water partition coefficient (Wildman–Crippen LogP) is 30.4. The summed E-state index contributed by atoms with van der Waals surface area (Å²) in [4.78, 5) is 41.8. The van der Waals surface area contributed by atoms with Gasteiger partial charge in [-0.2, -0.15) is 0 Å². The van der Waals surface area contributed by atoms with E-state index in [9.17, 15) is 0 Å². The number of nitrogens with zero attached hydrogens (tertiary/aromatic N) is 2. The number of carbonyl (C=O) groups excluding carboxylic acids is 2. The van der Waals surface area contributed by atoms with Crippen LogP contribution in [0, 0.1) is 25.7 Å². The summed E-state index contributed by atoms with van der Waals surface area (Å²) in [5, 5.41) is 5.44. The molecule has 7 aromatic rings. The maximum Gasteiger partial charge on any atom is 0.236 e. The minimum Gasteiger partial charge on any atom is -0.310 e. The third-order valence-corrected chi connectivity index (χ3v) is 27.4. The van der Waals surface area contributed by atoms with Crippen molar-refractivity contribution in [3.8, 4) is 10.4 Å². The molecule has 4 unspecified atom stereocenters. The van der Waals surface area contributed by atoms with Crippen LogP contribution < -0.4 is 9.80 Å². The van der Waals surface area contributed by atoms with Gasteiger partial charge in [-0.25, -0.2) is 0 Å². The van der Waals surface area contributed by atoms with Crippen molar-refractivity contribution in [3.63, 3.8) is 0 Å². The van der Waals surface area contributed by atoms with Crippen LogP contribution in [0.3, 0.4) is 0 Å². The molecule has 6 heterocycles. The highest BCUT2D eigenvalue weighted by Crippen LogP contribution is 2.60. The second-order valence-electron chi connectivity index (χ2n) is 31.0. The van der Waals surface area contributed by atoms with Crippen LogP contribution >= 0.6 is 45.3 Å². The molecule has 0 spiro atoms. The Labute approximate surface area is 608 Å². The molecule has 0 fully saturated rings. The van der Waals surface area contributed by atoms with E-state index in [1.165, 1.54) is 339 Å². The zero-order chi connectivity index (χ0) is 68.1. The highest BCUT2D eigenvalue weighted by molar-refractivity contribution is 7.23. The highest BCUT2D eigenvalue weighted by Gasteiger charge is 2.54. The SMILES string of the molecule is CCCCCCCCCCCCc1c2cc(-c3ccc4c5c(sc4c3)C(C3C(=O)N(CC(CCCCCCCC)CCCCCCCCCC)c4c3sc3cc(C)ccc43)C(=O)N5CC(C)CCCCCCCCCC)sc2c(CCCCCCCCCCCC)c2cc(C)sc12. The number of benzene rings is 3. The molecule has 536 valence electrons. The standard InChI is InChI=1S/C89H134N2O2S4/c1-9-14-19-24-29-33-35-39-44-49-54-71-75-61-68(8)94-84(75)72(55-50-45-40-36-34-30-25-20-15-10-2)76-63-77(95-85(71)76)70-57-59-74-79(62-70)97-86-80(88(92)90(82(74)86)64-67(7)51-46-41-37-31-26-21-16-11-3)81-87-83(73-58-56-66(6)60-78(73)96-87)91(89(81)93)65-69(52-47-42-28-23-18-13-5)53-48-43-38-32-27-22-17-12-4/h56-63,67,69,80-81H,9-55,64-65H2,1-8H3. The molecule has 0 saturated heterocycles. The minimum atomic E-state index is -0.538. The number of thiophene rings is 4. The first-order valence-corrected chi connectivity index (χ1v) is 44.6. The first kappa shape index (κ1) is 77.6. The number of aryl methyl sites for hydroxylation is 4. The molecule has 3 aromatic carbocycles. The largest absolute Gasteiger partial charge is 0.310 e. The molecule has 2 amide bonds. The first-order chi connectivity index (χ1) is 47.6. The van der Waals surface area contributed by atoms with Crippen LogP contribution in [0.5, 0.6) is 0 Å². The van der Waals surface area contributed by atoms with Crippen LogP contribution in [0.4, 0.5) is 11.4 Å². The fourth-order valence-electron chi connectivity index (χ4n) is 16.8. The number of fused-ring (bicyclic) bond motifs is 8. The van der Waals surface area contributed by atoms with E-state index in [4.69, 9.17) is 0 Å². The first-order valence-electron chi connectivity index (χ1n) is 41.3. The predicted molar refractivity (Wildman–Crippen MR) is 436 cm³/mol. The number of anilines is 2. The van der Waals surface area contributed by atoms with E-state index in [1.54, 1.807) is 15.8 Å². The van der Waals surface area contributed by atoms with Gasteiger partial charge in [0.25, 0.3) is 0 Å². The summed E-state index contributed by atoms with van der Waals surface area (Å²) < 4.78 is 5.59. The molecule has 0 bridgehead atoms. The molecule has 0 radical (unpaired) electrons.